The van der Waals surface area contributed by atoms with Gasteiger partial charge in [-0.25, -0.2) is 0 Å². The molecule has 6 nitrogen and oxygen atoms in total. The minimum absolute atomic E-state index is 0.210. The van der Waals surface area contributed by atoms with Crippen LogP contribution in [-0.2, 0) is 6.42 Å². The van der Waals surface area contributed by atoms with Crippen molar-refractivity contribution < 1.29 is 30.6 Å². The number of aliphatic hydroxyl groups excluding tert-OH is 3. The van der Waals surface area contributed by atoms with Gasteiger partial charge in [0.15, 0.2) is 11.5 Å². The zero-order valence-electron chi connectivity index (χ0n) is 13.6. The highest BCUT2D eigenvalue weighted by Gasteiger charge is 2.70. The maximum atomic E-state index is 11.4. The fourth-order valence-electron chi connectivity index (χ4n) is 5.63. The van der Waals surface area contributed by atoms with Gasteiger partial charge in [0.05, 0.1) is 29.3 Å². The molecule has 0 spiro atoms. The topological polar surface area (TPSA) is 121 Å². The van der Waals surface area contributed by atoms with Crippen LogP contribution in [-0.4, -0.2) is 54.6 Å². The summed E-state index contributed by atoms with van der Waals surface area (Å²) in [5, 5.41) is 63.0. The minimum Gasteiger partial charge on any atom is -0.504 e. The highest BCUT2D eigenvalue weighted by Crippen LogP contribution is 2.63. The van der Waals surface area contributed by atoms with Crippen LogP contribution in [0, 0.1) is 11.3 Å². The summed E-state index contributed by atoms with van der Waals surface area (Å²) in [7, 11) is 0. The number of aromatic hydroxyl groups is 2. The van der Waals surface area contributed by atoms with Crippen molar-refractivity contribution in [3.63, 3.8) is 0 Å². The van der Waals surface area contributed by atoms with E-state index >= 15 is 0 Å². The summed E-state index contributed by atoms with van der Waals surface area (Å²) in [5.41, 5.74) is -0.987. The van der Waals surface area contributed by atoms with Gasteiger partial charge in [-0.3, -0.25) is 0 Å². The third kappa shape index (κ3) is 1.69. The van der Waals surface area contributed by atoms with E-state index in [1.165, 1.54) is 12.1 Å². The second-order valence-corrected chi connectivity index (χ2v) is 7.91. The number of rotatable bonds is 0. The molecule has 24 heavy (non-hydrogen) atoms. The summed E-state index contributed by atoms with van der Waals surface area (Å²) in [4.78, 5) is 0. The first-order chi connectivity index (χ1) is 11.2. The Morgan fingerprint density at radius 2 is 1.71 bits per heavy atom. The molecular weight excluding hydrogens is 312 g/mol. The fraction of sp³-hybridized carbons (Fsp3) is 0.667. The third-order valence-electron chi connectivity index (χ3n) is 7.10. The Morgan fingerprint density at radius 3 is 2.42 bits per heavy atom. The molecule has 0 aromatic heterocycles. The maximum absolute atomic E-state index is 11.4. The van der Waals surface area contributed by atoms with Gasteiger partial charge in [-0.15, -0.1) is 0 Å². The molecule has 2 saturated carbocycles. The number of hydrogen-bond acceptors (Lipinski definition) is 6. The van der Waals surface area contributed by atoms with Gasteiger partial charge in [0, 0.05) is 5.92 Å². The molecule has 0 unspecified atom stereocenters. The first kappa shape index (κ1) is 16.1. The van der Waals surface area contributed by atoms with Crippen LogP contribution in [0.25, 0.3) is 0 Å². The smallest absolute Gasteiger partial charge is 0.157 e. The first-order valence-electron chi connectivity index (χ1n) is 8.53. The van der Waals surface area contributed by atoms with E-state index in [1.807, 2.05) is 0 Å². The summed E-state index contributed by atoms with van der Waals surface area (Å²) >= 11 is 0. The molecule has 0 saturated heterocycles. The van der Waals surface area contributed by atoms with Gasteiger partial charge in [0.25, 0.3) is 0 Å². The molecule has 0 amide bonds. The van der Waals surface area contributed by atoms with Crippen molar-refractivity contribution in [2.75, 3.05) is 0 Å². The molecule has 7 atom stereocenters. The summed E-state index contributed by atoms with van der Waals surface area (Å²) in [5.74, 6) is -1.35. The number of phenols is 2. The standard InChI is InChI=1S/C18H24O6/c1-17-13(21)4-5-18(17,24)10-3-2-8-6-11(19)12(20)7-9(8)14(10)15(22)16(17)23/h6-7,10,13-16,19-24H,2-5H2,1H3/t10-,13-,14-,15-,16+,17+,18+/m1/s1. The van der Waals surface area contributed by atoms with Crippen LogP contribution in [0.1, 0.15) is 43.2 Å². The van der Waals surface area contributed by atoms with Crippen LogP contribution in [0.3, 0.4) is 0 Å². The monoisotopic (exact) mass is 336 g/mol. The van der Waals surface area contributed by atoms with Gasteiger partial charge in [-0.1, -0.05) is 6.92 Å². The lowest BCUT2D eigenvalue weighted by molar-refractivity contribution is -0.245. The first-order valence-corrected chi connectivity index (χ1v) is 8.53. The fourth-order valence-corrected chi connectivity index (χ4v) is 5.63. The third-order valence-corrected chi connectivity index (χ3v) is 7.10. The number of aryl methyl sites for hydroxylation is 1. The van der Waals surface area contributed by atoms with E-state index in [-0.39, 0.29) is 17.4 Å². The average molecular weight is 336 g/mol. The highest BCUT2D eigenvalue weighted by molar-refractivity contribution is 5.49. The van der Waals surface area contributed by atoms with E-state index in [4.69, 9.17) is 0 Å². The molecular formula is C18H24O6. The molecule has 4 rings (SSSR count). The van der Waals surface area contributed by atoms with Crippen molar-refractivity contribution in [3.8, 4) is 11.5 Å². The Balaban J connectivity index is 1.88. The van der Waals surface area contributed by atoms with Crippen LogP contribution >= 0.6 is 0 Å². The molecule has 0 bridgehead atoms. The molecule has 0 aliphatic heterocycles. The van der Waals surface area contributed by atoms with Gasteiger partial charge < -0.3 is 30.6 Å². The molecule has 1 aromatic rings. The van der Waals surface area contributed by atoms with E-state index in [2.05, 4.69) is 0 Å². The highest BCUT2D eigenvalue weighted by atomic mass is 16.3. The Bertz CT molecular complexity index is 690. The number of benzene rings is 1. The number of fused-ring (bicyclic) bond motifs is 5. The molecule has 2 fully saturated rings. The van der Waals surface area contributed by atoms with Crippen LogP contribution in [0.4, 0.5) is 0 Å². The minimum atomic E-state index is -1.28. The summed E-state index contributed by atoms with van der Waals surface area (Å²) in [6.45, 7) is 1.65. The Morgan fingerprint density at radius 1 is 1.04 bits per heavy atom. The van der Waals surface area contributed by atoms with E-state index in [0.29, 0.717) is 31.2 Å². The number of hydrogen-bond donors (Lipinski definition) is 6. The second-order valence-electron chi connectivity index (χ2n) is 7.91. The van der Waals surface area contributed by atoms with Crippen LogP contribution in [0.2, 0.25) is 0 Å². The van der Waals surface area contributed by atoms with Gasteiger partial charge in [-0.05, 0) is 54.9 Å². The van der Waals surface area contributed by atoms with Crippen molar-refractivity contribution in [2.24, 2.45) is 11.3 Å². The molecule has 3 aliphatic carbocycles. The Kier molecular flexibility index (Phi) is 3.26. The van der Waals surface area contributed by atoms with E-state index in [1.54, 1.807) is 6.92 Å². The van der Waals surface area contributed by atoms with Gasteiger partial charge in [-0.2, -0.15) is 0 Å². The van der Waals surface area contributed by atoms with Crippen molar-refractivity contribution in [2.45, 2.75) is 62.4 Å². The van der Waals surface area contributed by atoms with Crippen LogP contribution in [0.15, 0.2) is 12.1 Å². The van der Waals surface area contributed by atoms with Gasteiger partial charge in [0.1, 0.15) is 0 Å². The number of aliphatic hydroxyl groups is 4. The van der Waals surface area contributed by atoms with Crippen LogP contribution in [0.5, 0.6) is 11.5 Å². The van der Waals surface area contributed by atoms with E-state index < -0.39 is 35.2 Å². The molecule has 6 heteroatoms. The van der Waals surface area contributed by atoms with Crippen molar-refractivity contribution in [3.05, 3.63) is 23.3 Å². The zero-order chi connectivity index (χ0) is 17.4. The molecule has 6 N–H and O–H groups in total. The summed E-state index contributed by atoms with van der Waals surface area (Å²) in [6, 6.07) is 2.91. The van der Waals surface area contributed by atoms with Gasteiger partial charge >= 0.3 is 0 Å². The lowest BCUT2D eigenvalue weighted by Gasteiger charge is -2.59. The Labute approximate surface area is 140 Å². The zero-order valence-corrected chi connectivity index (χ0v) is 13.6. The van der Waals surface area contributed by atoms with Crippen LogP contribution < -0.4 is 0 Å². The molecule has 0 radical (unpaired) electrons. The lowest BCUT2D eigenvalue weighted by atomic mass is 9.50. The summed E-state index contributed by atoms with van der Waals surface area (Å²) in [6.07, 6.45) is -1.36. The Hall–Kier alpha value is -1.34. The molecule has 0 heterocycles. The van der Waals surface area contributed by atoms with Crippen molar-refractivity contribution >= 4 is 0 Å². The predicted octanol–water partition coefficient (Wildman–Crippen LogP) is 0.371. The van der Waals surface area contributed by atoms with Crippen molar-refractivity contribution in [1.82, 2.24) is 0 Å². The van der Waals surface area contributed by atoms with Crippen molar-refractivity contribution in [1.29, 1.82) is 0 Å². The number of phenolic OH excluding ortho intramolecular Hbond substituents is 2. The predicted molar refractivity (Wildman–Crippen MR) is 84.6 cm³/mol. The second kappa shape index (κ2) is 4.85. The normalized spacial score (nSPS) is 47.0. The molecule has 1 aromatic carbocycles. The largest absolute Gasteiger partial charge is 0.504 e. The maximum Gasteiger partial charge on any atom is 0.157 e. The average Bonchev–Trinajstić information content (AvgIpc) is 2.79. The SMILES string of the molecule is C[C@@]12[C@H](O)CC[C@]1(O)[C@@H]1CCc3cc(O)c(O)cc3[C@H]1[C@@H](O)[C@@H]2O. The summed E-state index contributed by atoms with van der Waals surface area (Å²) < 4.78 is 0. The van der Waals surface area contributed by atoms with Gasteiger partial charge in [0.2, 0.25) is 0 Å². The molecule has 3 aliphatic rings. The lowest BCUT2D eigenvalue weighted by Crippen LogP contribution is -2.68. The quantitative estimate of drug-likeness (QED) is 0.381. The van der Waals surface area contributed by atoms with E-state index in [9.17, 15) is 30.6 Å². The molecule has 132 valence electrons. The van der Waals surface area contributed by atoms with E-state index in [0.717, 1.165) is 5.56 Å².